The quantitative estimate of drug-likeness (QED) is 0.525. The van der Waals surface area contributed by atoms with Crippen LogP contribution in [0, 0.1) is 6.92 Å². The first-order valence-electron chi connectivity index (χ1n) is 10.5. The Balaban J connectivity index is 1.66. The van der Waals surface area contributed by atoms with Gasteiger partial charge in [0.2, 0.25) is 5.91 Å². The van der Waals surface area contributed by atoms with E-state index >= 15 is 0 Å². The largest absolute Gasteiger partial charge is 0.352 e. The van der Waals surface area contributed by atoms with Gasteiger partial charge in [0.1, 0.15) is 0 Å². The molecule has 0 bridgehead atoms. The summed E-state index contributed by atoms with van der Waals surface area (Å²) in [7, 11) is 0. The summed E-state index contributed by atoms with van der Waals surface area (Å²) < 4.78 is 0. The second-order valence-corrected chi connectivity index (χ2v) is 7.59. The fourth-order valence-corrected chi connectivity index (χ4v) is 3.41. The number of amides is 3. The number of benzene rings is 3. The Hall–Kier alpha value is -3.60. The first-order valence-corrected chi connectivity index (χ1v) is 10.5. The van der Waals surface area contributed by atoms with E-state index in [1.54, 1.807) is 4.90 Å². The van der Waals surface area contributed by atoms with Crippen LogP contribution < -0.4 is 10.6 Å². The maximum absolute atomic E-state index is 13.1. The van der Waals surface area contributed by atoms with Gasteiger partial charge in [0.05, 0.1) is 6.04 Å². The maximum atomic E-state index is 13.1. The van der Waals surface area contributed by atoms with Crippen LogP contribution in [0.1, 0.15) is 36.1 Å². The molecule has 160 valence electrons. The molecule has 3 aromatic carbocycles. The van der Waals surface area contributed by atoms with Gasteiger partial charge in [0.25, 0.3) is 0 Å². The number of carbonyl (C=O) groups excluding carboxylic acids is 2. The molecular formula is C26H29N3O2. The first kappa shape index (κ1) is 22.1. The van der Waals surface area contributed by atoms with E-state index in [2.05, 4.69) is 10.6 Å². The Labute approximate surface area is 184 Å². The first-order chi connectivity index (χ1) is 15.0. The zero-order valence-corrected chi connectivity index (χ0v) is 18.0. The molecule has 2 N–H and O–H groups in total. The molecule has 0 fully saturated rings. The molecule has 1 atom stereocenters. The van der Waals surface area contributed by atoms with Crippen molar-refractivity contribution in [2.45, 2.75) is 32.9 Å². The van der Waals surface area contributed by atoms with Gasteiger partial charge in [-0.2, -0.15) is 0 Å². The lowest BCUT2D eigenvalue weighted by Gasteiger charge is -2.30. The number of urea groups is 1. The predicted molar refractivity (Wildman–Crippen MR) is 125 cm³/mol. The Morgan fingerprint density at radius 3 is 2.26 bits per heavy atom. The van der Waals surface area contributed by atoms with Gasteiger partial charge in [-0.15, -0.1) is 0 Å². The minimum atomic E-state index is -0.224. The average molecular weight is 416 g/mol. The molecular weight excluding hydrogens is 386 g/mol. The third kappa shape index (κ3) is 6.71. The molecule has 0 aromatic heterocycles. The Morgan fingerprint density at radius 1 is 0.903 bits per heavy atom. The van der Waals surface area contributed by atoms with Crippen LogP contribution >= 0.6 is 0 Å². The summed E-state index contributed by atoms with van der Waals surface area (Å²) in [4.78, 5) is 27.3. The van der Waals surface area contributed by atoms with Gasteiger partial charge in [-0.05, 0) is 42.7 Å². The van der Waals surface area contributed by atoms with Crippen LogP contribution in [0.2, 0.25) is 0 Å². The van der Waals surface area contributed by atoms with Gasteiger partial charge in [0, 0.05) is 25.2 Å². The zero-order chi connectivity index (χ0) is 22.1. The molecule has 0 aliphatic rings. The second kappa shape index (κ2) is 11.0. The summed E-state index contributed by atoms with van der Waals surface area (Å²) >= 11 is 0. The molecule has 0 radical (unpaired) electrons. The summed E-state index contributed by atoms with van der Waals surface area (Å²) in [5.41, 5.74) is 3.87. The molecule has 0 heterocycles. The van der Waals surface area contributed by atoms with Crippen molar-refractivity contribution in [1.82, 2.24) is 10.2 Å². The normalized spacial score (nSPS) is 11.4. The fourth-order valence-electron chi connectivity index (χ4n) is 3.41. The highest BCUT2D eigenvalue weighted by atomic mass is 16.2. The highest BCUT2D eigenvalue weighted by Gasteiger charge is 2.22. The molecule has 3 rings (SSSR count). The van der Waals surface area contributed by atoms with E-state index in [-0.39, 0.29) is 24.4 Å². The van der Waals surface area contributed by atoms with E-state index in [4.69, 9.17) is 0 Å². The molecule has 3 aromatic rings. The summed E-state index contributed by atoms with van der Waals surface area (Å²) in [5.74, 6) is -0.0857. The number of anilines is 1. The van der Waals surface area contributed by atoms with Crippen molar-refractivity contribution in [1.29, 1.82) is 0 Å². The van der Waals surface area contributed by atoms with Gasteiger partial charge in [-0.25, -0.2) is 4.79 Å². The maximum Gasteiger partial charge on any atom is 0.322 e. The second-order valence-electron chi connectivity index (χ2n) is 7.59. The fraction of sp³-hybridized carbons (Fsp3) is 0.231. The van der Waals surface area contributed by atoms with Crippen LogP contribution in [0.5, 0.6) is 0 Å². The average Bonchev–Trinajstić information content (AvgIpc) is 2.79. The predicted octanol–water partition coefficient (Wildman–Crippen LogP) is 5.30. The summed E-state index contributed by atoms with van der Waals surface area (Å²) in [6, 6.07) is 26.9. The standard InChI is InChI=1S/C26H29N3O2/c1-20-10-9-15-24(18-20)28-26(31)29(21(2)23-13-7-4-8-14-23)17-16-25(30)27-19-22-11-5-3-6-12-22/h3-15,18,21H,16-17,19H2,1-2H3,(H,27,30)(H,28,31). The van der Waals surface area contributed by atoms with Crippen LogP contribution in [0.3, 0.4) is 0 Å². The van der Waals surface area contributed by atoms with Gasteiger partial charge in [-0.3, -0.25) is 4.79 Å². The lowest BCUT2D eigenvalue weighted by molar-refractivity contribution is -0.121. The van der Waals surface area contributed by atoms with Crippen molar-refractivity contribution in [3.63, 3.8) is 0 Å². The Kier molecular flexibility index (Phi) is 7.82. The Morgan fingerprint density at radius 2 is 1.58 bits per heavy atom. The van der Waals surface area contributed by atoms with Crippen molar-refractivity contribution >= 4 is 17.6 Å². The van der Waals surface area contributed by atoms with E-state index in [1.165, 1.54) is 0 Å². The van der Waals surface area contributed by atoms with Crippen LogP contribution in [-0.2, 0) is 11.3 Å². The van der Waals surface area contributed by atoms with Crippen LogP contribution in [0.4, 0.5) is 10.5 Å². The lowest BCUT2D eigenvalue weighted by atomic mass is 10.1. The van der Waals surface area contributed by atoms with E-state index in [0.717, 1.165) is 22.4 Å². The highest BCUT2D eigenvalue weighted by molar-refractivity contribution is 5.90. The molecule has 5 heteroatoms. The number of nitrogens with zero attached hydrogens (tertiary/aromatic N) is 1. The number of aryl methyl sites for hydroxylation is 1. The molecule has 0 saturated heterocycles. The van der Waals surface area contributed by atoms with Gasteiger partial charge < -0.3 is 15.5 Å². The van der Waals surface area contributed by atoms with Gasteiger partial charge in [0.15, 0.2) is 0 Å². The van der Waals surface area contributed by atoms with Gasteiger partial charge >= 0.3 is 6.03 Å². The molecule has 31 heavy (non-hydrogen) atoms. The monoisotopic (exact) mass is 415 g/mol. The van der Waals surface area contributed by atoms with Crippen LogP contribution in [-0.4, -0.2) is 23.4 Å². The van der Waals surface area contributed by atoms with Crippen molar-refractivity contribution in [3.8, 4) is 0 Å². The van der Waals surface area contributed by atoms with E-state index in [0.29, 0.717) is 13.1 Å². The topological polar surface area (TPSA) is 61.4 Å². The Bertz CT molecular complexity index is 990. The number of carbonyl (C=O) groups is 2. The van der Waals surface area contributed by atoms with Crippen LogP contribution in [0.15, 0.2) is 84.9 Å². The van der Waals surface area contributed by atoms with E-state index in [1.807, 2.05) is 98.8 Å². The van der Waals surface area contributed by atoms with Crippen molar-refractivity contribution in [3.05, 3.63) is 102 Å². The minimum absolute atomic E-state index is 0.0857. The molecule has 5 nitrogen and oxygen atoms in total. The number of nitrogens with one attached hydrogen (secondary N) is 2. The van der Waals surface area contributed by atoms with E-state index in [9.17, 15) is 9.59 Å². The molecule has 3 amide bonds. The molecule has 0 saturated carbocycles. The third-order valence-electron chi connectivity index (χ3n) is 5.19. The lowest BCUT2D eigenvalue weighted by Crippen LogP contribution is -2.39. The number of hydrogen-bond acceptors (Lipinski definition) is 2. The smallest absolute Gasteiger partial charge is 0.322 e. The number of rotatable bonds is 8. The third-order valence-corrected chi connectivity index (χ3v) is 5.19. The minimum Gasteiger partial charge on any atom is -0.352 e. The van der Waals surface area contributed by atoms with E-state index < -0.39 is 0 Å². The summed E-state index contributed by atoms with van der Waals surface area (Å²) in [5, 5.41) is 5.90. The molecule has 1 unspecified atom stereocenters. The SMILES string of the molecule is Cc1cccc(NC(=O)N(CCC(=O)NCc2ccccc2)C(C)c2ccccc2)c1. The van der Waals surface area contributed by atoms with Crippen molar-refractivity contribution in [2.24, 2.45) is 0 Å². The molecule has 0 aliphatic carbocycles. The van der Waals surface area contributed by atoms with Crippen molar-refractivity contribution in [2.75, 3.05) is 11.9 Å². The molecule has 0 spiro atoms. The van der Waals surface area contributed by atoms with Gasteiger partial charge in [-0.1, -0.05) is 72.8 Å². The highest BCUT2D eigenvalue weighted by Crippen LogP contribution is 2.22. The zero-order valence-electron chi connectivity index (χ0n) is 18.0. The summed E-state index contributed by atoms with van der Waals surface area (Å²) in [6.07, 6.45) is 0.227. The number of hydrogen-bond donors (Lipinski definition) is 2. The van der Waals surface area contributed by atoms with Crippen LogP contribution in [0.25, 0.3) is 0 Å². The summed E-state index contributed by atoms with van der Waals surface area (Å²) in [6.45, 7) is 4.75. The van der Waals surface area contributed by atoms with Crippen molar-refractivity contribution < 1.29 is 9.59 Å². The molecule has 0 aliphatic heterocycles.